The molecule has 0 N–H and O–H groups in total. The van der Waals surface area contributed by atoms with Gasteiger partial charge in [0.15, 0.2) is 6.61 Å². The van der Waals surface area contributed by atoms with E-state index < -0.39 is 0 Å². The number of carbonyl (C=O) groups is 1. The quantitative estimate of drug-likeness (QED) is 0.848. The lowest BCUT2D eigenvalue weighted by molar-refractivity contribution is 0.0959. The molecule has 1 aliphatic heterocycles. The number of ether oxygens (including phenoxy) is 1. The summed E-state index contributed by atoms with van der Waals surface area (Å²) in [6.45, 7) is 2.84. The Morgan fingerprint density at radius 1 is 1.26 bits per heavy atom. The number of benzene rings is 1. The summed E-state index contributed by atoms with van der Waals surface area (Å²) in [5.41, 5.74) is 0.852. The zero-order valence-corrected chi connectivity index (χ0v) is 10.8. The Morgan fingerprint density at radius 3 is 2.84 bits per heavy atom. The predicted molar refractivity (Wildman–Crippen MR) is 72.9 cm³/mol. The number of carbonyl (C=O) groups excluding carboxylic acids is 1. The number of aromatic nitrogens is 1. The largest absolute Gasteiger partial charge is 0.470 e. The molecule has 0 radical (unpaired) electrons. The lowest BCUT2D eigenvalue weighted by Gasteiger charge is -2.14. The summed E-state index contributed by atoms with van der Waals surface area (Å²) in [5, 5.41) is 0.594. The first-order chi connectivity index (χ1) is 9.24. The highest BCUT2D eigenvalue weighted by Crippen LogP contribution is 2.27. The van der Waals surface area contributed by atoms with Gasteiger partial charge in [-0.15, -0.1) is 0 Å². The van der Waals surface area contributed by atoms with Gasteiger partial charge < -0.3 is 9.30 Å². The van der Waals surface area contributed by atoms with Crippen molar-refractivity contribution in [2.24, 2.45) is 0 Å². The molecule has 0 saturated heterocycles. The van der Waals surface area contributed by atoms with Crippen molar-refractivity contribution in [1.29, 1.82) is 0 Å². The van der Waals surface area contributed by atoms with Gasteiger partial charge in [-0.1, -0.05) is 25.5 Å². The number of hydrogen-bond donors (Lipinski definition) is 0. The van der Waals surface area contributed by atoms with E-state index >= 15 is 0 Å². The normalized spacial score (nSPS) is 13.6. The number of para-hydroxylation sites is 1. The molecule has 3 rings (SSSR count). The number of Topliss-reactive ketones (excluding diaryl/α,β-unsaturated/α-hetero) is 1. The van der Waals surface area contributed by atoms with E-state index in [1.54, 1.807) is 6.07 Å². The van der Waals surface area contributed by atoms with Gasteiger partial charge in [-0.25, -0.2) is 0 Å². The van der Waals surface area contributed by atoms with Crippen molar-refractivity contribution in [1.82, 2.24) is 4.57 Å². The number of aryl methyl sites for hydroxylation is 1. The van der Waals surface area contributed by atoms with E-state index in [-0.39, 0.29) is 23.4 Å². The summed E-state index contributed by atoms with van der Waals surface area (Å²) in [6, 6.07) is 7.39. The van der Waals surface area contributed by atoms with Crippen molar-refractivity contribution in [3.8, 4) is 5.88 Å². The topological polar surface area (TPSA) is 48.3 Å². The number of hydrogen-bond acceptors (Lipinski definition) is 3. The van der Waals surface area contributed by atoms with Gasteiger partial charge in [0.05, 0.1) is 5.52 Å². The molecule has 98 valence electrons. The molecular formula is C15H15NO3. The van der Waals surface area contributed by atoms with Crippen LogP contribution < -0.4 is 10.2 Å². The van der Waals surface area contributed by atoms with Crippen molar-refractivity contribution in [2.75, 3.05) is 6.61 Å². The maximum absolute atomic E-state index is 12.3. The van der Waals surface area contributed by atoms with Crippen LogP contribution in [0.25, 0.3) is 10.9 Å². The molecule has 0 unspecified atom stereocenters. The van der Waals surface area contributed by atoms with Gasteiger partial charge in [0, 0.05) is 11.9 Å². The van der Waals surface area contributed by atoms with Crippen LogP contribution in [0.15, 0.2) is 29.1 Å². The number of fused-ring (bicyclic) bond motifs is 2. The highest BCUT2D eigenvalue weighted by Gasteiger charge is 2.29. The van der Waals surface area contributed by atoms with Crippen LogP contribution in [0.4, 0.5) is 0 Å². The second kappa shape index (κ2) is 4.53. The van der Waals surface area contributed by atoms with Crippen molar-refractivity contribution in [3.63, 3.8) is 0 Å². The van der Waals surface area contributed by atoms with Gasteiger partial charge in [-0.3, -0.25) is 9.59 Å². The predicted octanol–water partition coefficient (Wildman–Crippen LogP) is 2.38. The molecular weight excluding hydrogens is 242 g/mol. The second-order valence-corrected chi connectivity index (χ2v) is 4.74. The van der Waals surface area contributed by atoms with E-state index in [0.29, 0.717) is 11.3 Å². The van der Waals surface area contributed by atoms with Gasteiger partial charge in [0.1, 0.15) is 5.56 Å². The Balaban J connectivity index is 2.36. The summed E-state index contributed by atoms with van der Waals surface area (Å²) < 4.78 is 7.40. The monoisotopic (exact) mass is 257 g/mol. The molecule has 1 aliphatic rings. The zero-order chi connectivity index (χ0) is 13.4. The first kappa shape index (κ1) is 12.0. The number of nitrogens with zero attached hydrogens (tertiary/aromatic N) is 1. The van der Waals surface area contributed by atoms with Gasteiger partial charge in [0.2, 0.25) is 17.1 Å². The summed E-state index contributed by atoms with van der Waals surface area (Å²) in [6.07, 6.45) is 2.03. The van der Waals surface area contributed by atoms with Gasteiger partial charge in [-0.2, -0.15) is 0 Å². The van der Waals surface area contributed by atoms with Crippen molar-refractivity contribution < 1.29 is 9.53 Å². The average Bonchev–Trinajstić information content (AvgIpc) is 2.81. The lowest BCUT2D eigenvalue weighted by atomic mass is 10.1. The highest BCUT2D eigenvalue weighted by molar-refractivity contribution is 6.04. The van der Waals surface area contributed by atoms with Crippen LogP contribution in [-0.2, 0) is 6.54 Å². The molecule has 0 bridgehead atoms. The molecule has 4 nitrogen and oxygen atoms in total. The third kappa shape index (κ3) is 1.75. The number of ketones is 1. The fraction of sp³-hybridized carbons (Fsp3) is 0.333. The molecule has 0 fully saturated rings. The van der Waals surface area contributed by atoms with Crippen LogP contribution >= 0.6 is 0 Å². The minimum atomic E-state index is -0.212. The number of pyridine rings is 1. The average molecular weight is 257 g/mol. The third-order valence-corrected chi connectivity index (χ3v) is 3.48. The van der Waals surface area contributed by atoms with Crippen LogP contribution in [0, 0.1) is 0 Å². The SMILES string of the molecule is CCCCn1c2c(c(=O)c3ccccc31)C(=O)CO2. The summed E-state index contributed by atoms with van der Waals surface area (Å²) >= 11 is 0. The molecule has 4 heteroatoms. The highest BCUT2D eigenvalue weighted by atomic mass is 16.5. The number of rotatable bonds is 3. The minimum Gasteiger partial charge on any atom is -0.470 e. The molecule has 2 aromatic rings. The van der Waals surface area contributed by atoms with Crippen molar-refractivity contribution in [3.05, 3.63) is 40.1 Å². The van der Waals surface area contributed by atoms with E-state index in [9.17, 15) is 9.59 Å². The second-order valence-electron chi connectivity index (χ2n) is 4.74. The van der Waals surface area contributed by atoms with E-state index in [1.807, 2.05) is 22.8 Å². The lowest BCUT2D eigenvalue weighted by Crippen LogP contribution is -2.16. The smallest absolute Gasteiger partial charge is 0.209 e. The summed E-state index contributed by atoms with van der Waals surface area (Å²) in [4.78, 5) is 24.2. The molecule has 1 aromatic heterocycles. The van der Waals surface area contributed by atoms with E-state index in [2.05, 4.69) is 6.92 Å². The third-order valence-electron chi connectivity index (χ3n) is 3.48. The molecule has 19 heavy (non-hydrogen) atoms. The maximum Gasteiger partial charge on any atom is 0.209 e. The Kier molecular flexibility index (Phi) is 2.85. The summed E-state index contributed by atoms with van der Waals surface area (Å²) in [7, 11) is 0. The summed E-state index contributed by atoms with van der Waals surface area (Å²) in [5.74, 6) is 0.234. The van der Waals surface area contributed by atoms with Crippen LogP contribution in [-0.4, -0.2) is 17.0 Å². The van der Waals surface area contributed by atoms with Crippen LogP contribution in [0.1, 0.15) is 30.1 Å². The first-order valence-electron chi connectivity index (χ1n) is 6.55. The van der Waals surface area contributed by atoms with Crippen molar-refractivity contribution in [2.45, 2.75) is 26.3 Å². The van der Waals surface area contributed by atoms with E-state index in [1.165, 1.54) is 0 Å². The molecule has 0 saturated carbocycles. The molecule has 0 amide bonds. The Bertz CT molecular complexity index is 715. The molecule has 1 aromatic carbocycles. The Morgan fingerprint density at radius 2 is 2.05 bits per heavy atom. The maximum atomic E-state index is 12.3. The fourth-order valence-electron chi connectivity index (χ4n) is 2.52. The Hall–Kier alpha value is -2.10. The minimum absolute atomic E-state index is 0.0208. The molecule has 2 heterocycles. The van der Waals surface area contributed by atoms with Crippen LogP contribution in [0.3, 0.4) is 0 Å². The van der Waals surface area contributed by atoms with Gasteiger partial charge in [-0.05, 0) is 18.6 Å². The first-order valence-corrected chi connectivity index (χ1v) is 6.55. The fourth-order valence-corrected chi connectivity index (χ4v) is 2.52. The standard InChI is InChI=1S/C15H15NO3/c1-2-3-8-16-11-7-5-4-6-10(11)14(18)13-12(17)9-19-15(13)16/h4-7H,2-3,8-9H2,1H3. The van der Waals surface area contributed by atoms with Crippen LogP contribution in [0.2, 0.25) is 0 Å². The van der Waals surface area contributed by atoms with Gasteiger partial charge in [0.25, 0.3) is 0 Å². The van der Waals surface area contributed by atoms with Crippen LogP contribution in [0.5, 0.6) is 5.88 Å². The molecule has 0 spiro atoms. The van der Waals surface area contributed by atoms with Gasteiger partial charge >= 0.3 is 0 Å². The Labute approximate surface area is 110 Å². The van der Waals surface area contributed by atoms with Crippen molar-refractivity contribution >= 4 is 16.7 Å². The molecule has 0 atom stereocenters. The van der Waals surface area contributed by atoms with E-state index in [0.717, 1.165) is 24.9 Å². The zero-order valence-electron chi connectivity index (χ0n) is 10.8. The number of unbranched alkanes of at least 4 members (excludes halogenated alkanes) is 1. The van der Waals surface area contributed by atoms with E-state index in [4.69, 9.17) is 4.74 Å². The molecule has 0 aliphatic carbocycles.